The number of thiazole rings is 1. The predicted octanol–water partition coefficient (Wildman–Crippen LogP) is 0.684. The van der Waals surface area contributed by atoms with Gasteiger partial charge in [0, 0.05) is 19.0 Å². The maximum absolute atomic E-state index is 11.8. The fourth-order valence-corrected chi connectivity index (χ4v) is 1.78. The molecule has 0 fully saturated rings. The molecular weight excluding hydrogens is 244 g/mol. The van der Waals surface area contributed by atoms with Gasteiger partial charge >= 0.3 is 5.97 Å². The number of carbonyl (C=O) groups is 2. The van der Waals surface area contributed by atoms with Crippen LogP contribution in [0.1, 0.15) is 33.6 Å². The van der Waals surface area contributed by atoms with Gasteiger partial charge in [-0.15, -0.1) is 11.3 Å². The van der Waals surface area contributed by atoms with Crippen LogP contribution in [0.2, 0.25) is 0 Å². The minimum absolute atomic E-state index is 0.0997. The summed E-state index contributed by atoms with van der Waals surface area (Å²) in [6, 6.07) is 0. The van der Waals surface area contributed by atoms with E-state index in [4.69, 9.17) is 10.2 Å². The summed E-state index contributed by atoms with van der Waals surface area (Å²) in [6.07, 6.45) is -0.00621. The zero-order valence-corrected chi connectivity index (χ0v) is 10.4. The van der Waals surface area contributed by atoms with E-state index in [-0.39, 0.29) is 16.6 Å². The van der Waals surface area contributed by atoms with Crippen molar-refractivity contribution in [3.05, 3.63) is 16.1 Å². The summed E-state index contributed by atoms with van der Waals surface area (Å²) in [4.78, 5) is 27.5. The van der Waals surface area contributed by atoms with Gasteiger partial charge in [-0.2, -0.15) is 0 Å². The standard InChI is InChI=1S/C10H14N2O4S/c1-6(13)3-4-12(2)9(14)7-5-17-8(11-7)10(15)16/h5-6,13H,3-4H2,1-2H3,(H,15,16). The Morgan fingerprint density at radius 3 is 2.71 bits per heavy atom. The number of amides is 1. The highest BCUT2D eigenvalue weighted by Crippen LogP contribution is 2.11. The van der Waals surface area contributed by atoms with Crippen LogP contribution in [0, 0.1) is 0 Å². The Bertz CT molecular complexity index is 416. The highest BCUT2D eigenvalue weighted by atomic mass is 32.1. The van der Waals surface area contributed by atoms with E-state index in [0.29, 0.717) is 13.0 Å². The Kier molecular flexibility index (Phi) is 4.59. The van der Waals surface area contributed by atoms with Gasteiger partial charge in [0.15, 0.2) is 0 Å². The molecular formula is C10H14N2O4S. The largest absolute Gasteiger partial charge is 0.476 e. The summed E-state index contributed by atoms with van der Waals surface area (Å²) in [5.74, 6) is -1.48. The first-order chi connectivity index (χ1) is 7.91. The minimum Gasteiger partial charge on any atom is -0.476 e. The van der Waals surface area contributed by atoms with Crippen molar-refractivity contribution in [2.24, 2.45) is 0 Å². The molecule has 1 heterocycles. The maximum atomic E-state index is 11.8. The van der Waals surface area contributed by atoms with Crippen LogP contribution < -0.4 is 0 Å². The van der Waals surface area contributed by atoms with E-state index in [1.807, 2.05) is 0 Å². The second-order valence-corrected chi connectivity index (χ2v) is 4.57. The molecule has 0 bridgehead atoms. The van der Waals surface area contributed by atoms with Crippen LogP contribution >= 0.6 is 11.3 Å². The molecule has 1 aromatic heterocycles. The summed E-state index contributed by atoms with van der Waals surface area (Å²) in [5, 5.41) is 19.1. The van der Waals surface area contributed by atoms with Crippen LogP contribution in [-0.2, 0) is 0 Å². The van der Waals surface area contributed by atoms with Crippen molar-refractivity contribution >= 4 is 23.2 Å². The van der Waals surface area contributed by atoms with Crippen LogP contribution in [0.25, 0.3) is 0 Å². The Morgan fingerprint density at radius 2 is 2.24 bits per heavy atom. The highest BCUT2D eigenvalue weighted by Gasteiger charge is 2.17. The lowest BCUT2D eigenvalue weighted by atomic mass is 10.2. The second kappa shape index (κ2) is 5.74. The van der Waals surface area contributed by atoms with Crippen molar-refractivity contribution in [1.82, 2.24) is 9.88 Å². The summed E-state index contributed by atoms with van der Waals surface area (Å²) in [5.41, 5.74) is 0.125. The third-order valence-corrected chi connectivity index (χ3v) is 2.97. The summed E-state index contributed by atoms with van der Waals surface area (Å²) in [7, 11) is 1.59. The number of carboxylic acids is 1. The quantitative estimate of drug-likeness (QED) is 0.810. The van der Waals surface area contributed by atoms with E-state index in [0.717, 1.165) is 11.3 Å². The average Bonchev–Trinajstić information content (AvgIpc) is 2.73. The number of hydrogen-bond donors (Lipinski definition) is 2. The van der Waals surface area contributed by atoms with Crippen molar-refractivity contribution in [1.29, 1.82) is 0 Å². The lowest BCUT2D eigenvalue weighted by Gasteiger charge is -2.16. The maximum Gasteiger partial charge on any atom is 0.365 e. The SMILES string of the molecule is CC(O)CCN(C)C(=O)c1csc(C(=O)O)n1. The molecule has 0 aliphatic rings. The molecule has 0 saturated heterocycles. The van der Waals surface area contributed by atoms with Crippen molar-refractivity contribution < 1.29 is 19.8 Å². The lowest BCUT2D eigenvalue weighted by molar-refractivity contribution is 0.0696. The lowest BCUT2D eigenvalue weighted by Crippen LogP contribution is -2.29. The van der Waals surface area contributed by atoms with E-state index in [1.54, 1.807) is 14.0 Å². The number of nitrogens with zero attached hydrogens (tertiary/aromatic N) is 2. The van der Waals surface area contributed by atoms with Gasteiger partial charge in [-0.25, -0.2) is 9.78 Å². The predicted molar refractivity (Wildman–Crippen MR) is 62.3 cm³/mol. The average molecular weight is 258 g/mol. The number of aromatic nitrogens is 1. The number of aromatic carboxylic acids is 1. The third-order valence-electron chi connectivity index (χ3n) is 2.14. The number of aliphatic hydroxyl groups excluding tert-OH is 1. The molecule has 0 aliphatic carbocycles. The minimum atomic E-state index is -1.14. The molecule has 6 nitrogen and oxygen atoms in total. The van der Waals surface area contributed by atoms with Gasteiger partial charge in [0.05, 0.1) is 6.10 Å². The Morgan fingerprint density at radius 1 is 1.59 bits per heavy atom. The normalized spacial score (nSPS) is 12.2. The monoisotopic (exact) mass is 258 g/mol. The summed E-state index contributed by atoms with van der Waals surface area (Å²) in [6.45, 7) is 2.04. The molecule has 1 amide bonds. The molecule has 0 radical (unpaired) electrons. The summed E-state index contributed by atoms with van der Waals surface area (Å²) < 4.78 is 0. The fourth-order valence-electron chi connectivity index (χ4n) is 1.15. The third kappa shape index (κ3) is 3.79. The van der Waals surface area contributed by atoms with Gasteiger partial charge < -0.3 is 15.1 Å². The first-order valence-corrected chi connectivity index (χ1v) is 5.92. The van der Waals surface area contributed by atoms with E-state index in [9.17, 15) is 9.59 Å². The van der Waals surface area contributed by atoms with Gasteiger partial charge in [-0.1, -0.05) is 0 Å². The zero-order valence-electron chi connectivity index (χ0n) is 9.58. The van der Waals surface area contributed by atoms with Gasteiger partial charge in [0.1, 0.15) is 5.69 Å². The number of hydrogen-bond acceptors (Lipinski definition) is 5. The van der Waals surface area contributed by atoms with E-state index < -0.39 is 12.1 Å². The topological polar surface area (TPSA) is 90.7 Å². The molecule has 0 saturated carbocycles. The second-order valence-electron chi connectivity index (χ2n) is 3.71. The zero-order chi connectivity index (χ0) is 13.0. The Balaban J connectivity index is 2.65. The van der Waals surface area contributed by atoms with Crippen LogP contribution in [0.15, 0.2) is 5.38 Å². The van der Waals surface area contributed by atoms with Crippen LogP contribution in [-0.4, -0.2) is 51.7 Å². The van der Waals surface area contributed by atoms with Crippen molar-refractivity contribution in [3.8, 4) is 0 Å². The fraction of sp³-hybridized carbons (Fsp3) is 0.500. The first-order valence-electron chi connectivity index (χ1n) is 5.04. The van der Waals surface area contributed by atoms with Crippen LogP contribution in [0.4, 0.5) is 0 Å². The van der Waals surface area contributed by atoms with Crippen molar-refractivity contribution in [2.45, 2.75) is 19.4 Å². The van der Waals surface area contributed by atoms with E-state index in [1.165, 1.54) is 10.3 Å². The number of carbonyl (C=O) groups excluding carboxylic acids is 1. The van der Waals surface area contributed by atoms with Gasteiger partial charge in [0.2, 0.25) is 5.01 Å². The van der Waals surface area contributed by atoms with E-state index in [2.05, 4.69) is 4.98 Å². The molecule has 1 rings (SSSR count). The van der Waals surface area contributed by atoms with Crippen LogP contribution in [0.5, 0.6) is 0 Å². The number of rotatable bonds is 5. The molecule has 0 spiro atoms. The first kappa shape index (κ1) is 13.6. The molecule has 1 atom stereocenters. The smallest absolute Gasteiger partial charge is 0.365 e. The number of aliphatic hydroxyl groups is 1. The molecule has 94 valence electrons. The molecule has 17 heavy (non-hydrogen) atoms. The Hall–Kier alpha value is -1.47. The van der Waals surface area contributed by atoms with E-state index >= 15 is 0 Å². The Labute approximate surface area is 103 Å². The van der Waals surface area contributed by atoms with Gasteiger partial charge in [0.25, 0.3) is 5.91 Å². The van der Waals surface area contributed by atoms with Gasteiger partial charge in [-0.05, 0) is 13.3 Å². The molecule has 0 aromatic carbocycles. The summed E-state index contributed by atoms with van der Waals surface area (Å²) >= 11 is 0.920. The number of carboxylic acid groups (broad SMARTS) is 1. The van der Waals surface area contributed by atoms with Gasteiger partial charge in [-0.3, -0.25) is 4.79 Å². The molecule has 1 aromatic rings. The van der Waals surface area contributed by atoms with Crippen LogP contribution in [0.3, 0.4) is 0 Å². The molecule has 0 aliphatic heterocycles. The molecule has 2 N–H and O–H groups in total. The highest BCUT2D eigenvalue weighted by molar-refractivity contribution is 7.11. The molecule has 1 unspecified atom stereocenters. The van der Waals surface area contributed by atoms with Crippen molar-refractivity contribution in [3.63, 3.8) is 0 Å². The van der Waals surface area contributed by atoms with Crippen molar-refractivity contribution in [2.75, 3.05) is 13.6 Å². The molecule has 7 heteroatoms.